The fourth-order valence-corrected chi connectivity index (χ4v) is 10.8. The molecular formula is C54H38. The van der Waals surface area contributed by atoms with Crippen LogP contribution in [0.15, 0.2) is 158 Å². The summed E-state index contributed by atoms with van der Waals surface area (Å²) in [7, 11) is 0. The predicted molar refractivity (Wildman–Crippen MR) is 231 cm³/mol. The van der Waals surface area contributed by atoms with Crippen LogP contribution in [-0.2, 0) is 10.8 Å². The fourth-order valence-electron chi connectivity index (χ4n) is 10.8. The van der Waals surface area contributed by atoms with Crippen molar-refractivity contribution in [3.05, 3.63) is 180 Å². The molecule has 0 N–H and O–H groups in total. The Bertz CT molecular complexity index is 3010. The van der Waals surface area contributed by atoms with E-state index in [1.165, 1.54) is 121 Å². The van der Waals surface area contributed by atoms with Gasteiger partial charge in [0.1, 0.15) is 0 Å². The minimum atomic E-state index is -0.212. The molecule has 0 atom stereocenters. The lowest BCUT2D eigenvalue weighted by atomic mass is 9.74. The van der Waals surface area contributed by atoms with Crippen molar-refractivity contribution in [2.75, 3.05) is 0 Å². The SMILES string of the molecule is CC1(C)c2cc3ccccc3cc2-c2c1c1cc(-c3ccccc3)cc3c4c(c5cc(-c6ccccc6)cc2c5c31)C(C)(C)c1cc2ccccc2cc1-4. The number of fused-ring (bicyclic) bond motifs is 12. The Kier molecular flexibility index (Phi) is 5.74. The average Bonchev–Trinajstić information content (AvgIpc) is 3.58. The number of rotatable bonds is 2. The van der Waals surface area contributed by atoms with Crippen molar-refractivity contribution >= 4 is 53.9 Å². The molecule has 2 aliphatic rings. The Morgan fingerprint density at radius 3 is 1.04 bits per heavy atom. The van der Waals surface area contributed by atoms with E-state index >= 15 is 0 Å². The van der Waals surface area contributed by atoms with Gasteiger partial charge in [-0.15, -0.1) is 0 Å². The molecule has 0 radical (unpaired) electrons. The maximum absolute atomic E-state index is 2.53. The fraction of sp³-hybridized carbons (Fsp3) is 0.111. The summed E-state index contributed by atoms with van der Waals surface area (Å²) in [5.74, 6) is 0. The van der Waals surface area contributed by atoms with E-state index in [4.69, 9.17) is 0 Å². The Hall–Kier alpha value is -6.24. The maximum Gasteiger partial charge on any atom is 0.0165 e. The average molecular weight is 687 g/mol. The van der Waals surface area contributed by atoms with Crippen LogP contribution in [-0.4, -0.2) is 0 Å². The summed E-state index contributed by atoms with van der Waals surface area (Å²) in [6.07, 6.45) is 0. The molecule has 0 amide bonds. The van der Waals surface area contributed by atoms with E-state index in [0.29, 0.717) is 0 Å². The maximum atomic E-state index is 2.53. The number of hydrogen-bond acceptors (Lipinski definition) is 0. The van der Waals surface area contributed by atoms with Gasteiger partial charge >= 0.3 is 0 Å². The summed E-state index contributed by atoms with van der Waals surface area (Å²) in [5, 5.41) is 13.5. The molecule has 0 heteroatoms. The first-order valence-corrected chi connectivity index (χ1v) is 19.3. The van der Waals surface area contributed by atoms with Crippen LogP contribution in [0.25, 0.3) is 98.4 Å². The largest absolute Gasteiger partial charge is 0.0622 e. The second kappa shape index (κ2) is 10.2. The molecule has 10 aromatic carbocycles. The second-order valence-electron chi connectivity index (χ2n) is 16.9. The summed E-state index contributed by atoms with van der Waals surface area (Å²) in [6, 6.07) is 59.9. The second-order valence-corrected chi connectivity index (χ2v) is 16.9. The Morgan fingerprint density at radius 1 is 0.315 bits per heavy atom. The first-order chi connectivity index (χ1) is 26.3. The molecule has 0 nitrogen and oxygen atoms in total. The van der Waals surface area contributed by atoms with Crippen LogP contribution in [0.1, 0.15) is 49.9 Å². The van der Waals surface area contributed by atoms with Crippen molar-refractivity contribution in [1.82, 2.24) is 0 Å². The molecule has 12 rings (SSSR count). The molecule has 0 aliphatic heterocycles. The zero-order valence-corrected chi connectivity index (χ0v) is 31.0. The highest BCUT2D eigenvalue weighted by molar-refractivity contribution is 6.34. The van der Waals surface area contributed by atoms with Gasteiger partial charge in [-0.3, -0.25) is 0 Å². The van der Waals surface area contributed by atoms with Crippen molar-refractivity contribution in [3.63, 3.8) is 0 Å². The lowest BCUT2D eigenvalue weighted by Crippen LogP contribution is -2.17. The van der Waals surface area contributed by atoms with Crippen molar-refractivity contribution in [3.8, 4) is 44.5 Å². The van der Waals surface area contributed by atoms with Gasteiger partial charge in [-0.05, 0) is 169 Å². The van der Waals surface area contributed by atoms with E-state index in [9.17, 15) is 0 Å². The zero-order valence-electron chi connectivity index (χ0n) is 31.0. The summed E-state index contributed by atoms with van der Waals surface area (Å²) >= 11 is 0. The van der Waals surface area contributed by atoms with Crippen molar-refractivity contribution in [2.45, 2.75) is 38.5 Å². The van der Waals surface area contributed by atoms with Crippen LogP contribution in [0.3, 0.4) is 0 Å². The molecule has 54 heavy (non-hydrogen) atoms. The molecule has 10 aromatic rings. The highest BCUT2D eigenvalue weighted by atomic mass is 14.5. The normalized spacial score (nSPS) is 15.0. The van der Waals surface area contributed by atoms with Gasteiger partial charge in [0.05, 0.1) is 0 Å². The molecule has 0 saturated heterocycles. The lowest BCUT2D eigenvalue weighted by molar-refractivity contribution is 0.666. The summed E-state index contributed by atoms with van der Waals surface area (Å²) in [6.45, 7) is 9.85. The third-order valence-corrected chi connectivity index (χ3v) is 13.2. The van der Waals surface area contributed by atoms with Gasteiger partial charge in [-0.2, -0.15) is 0 Å². The van der Waals surface area contributed by atoms with Crippen LogP contribution in [0.4, 0.5) is 0 Å². The van der Waals surface area contributed by atoms with Gasteiger partial charge in [-0.25, -0.2) is 0 Å². The number of hydrogen-bond donors (Lipinski definition) is 0. The van der Waals surface area contributed by atoms with Crippen molar-refractivity contribution in [2.24, 2.45) is 0 Å². The third kappa shape index (κ3) is 3.78. The first-order valence-electron chi connectivity index (χ1n) is 19.3. The van der Waals surface area contributed by atoms with Crippen LogP contribution in [0, 0.1) is 0 Å². The minimum absolute atomic E-state index is 0.212. The highest BCUT2D eigenvalue weighted by Crippen LogP contribution is 2.62. The summed E-state index contributed by atoms with van der Waals surface area (Å²) in [4.78, 5) is 0. The molecule has 2 aliphatic carbocycles. The monoisotopic (exact) mass is 686 g/mol. The molecule has 0 heterocycles. The molecule has 254 valence electrons. The standard InChI is InChI=1S/C54H38/c1-53(2)45-29-35-21-13-11-19-33(35)23-39(45)49-41-25-38(32-17-9-6-10-18-32)28-44-48(41)47-42(26-37(27-43(47)51(49)53)31-15-7-5-8-16-31)50-40-24-34-20-12-14-22-36(34)30-46(40)54(3,4)52(44)50/h5-30H,1-4H3. The Balaban J connectivity index is 1.36. The molecule has 0 bridgehead atoms. The van der Waals surface area contributed by atoms with E-state index in [-0.39, 0.29) is 10.8 Å². The van der Waals surface area contributed by atoms with E-state index in [1.54, 1.807) is 0 Å². The van der Waals surface area contributed by atoms with Crippen LogP contribution >= 0.6 is 0 Å². The van der Waals surface area contributed by atoms with Crippen molar-refractivity contribution < 1.29 is 0 Å². The lowest BCUT2D eigenvalue weighted by Gasteiger charge is -2.29. The van der Waals surface area contributed by atoms with E-state index in [2.05, 4.69) is 185 Å². The number of benzene rings is 10. The highest BCUT2D eigenvalue weighted by Gasteiger charge is 2.43. The van der Waals surface area contributed by atoms with Crippen LogP contribution in [0.2, 0.25) is 0 Å². The molecule has 0 unspecified atom stereocenters. The smallest absolute Gasteiger partial charge is 0.0165 e. The van der Waals surface area contributed by atoms with Gasteiger partial charge in [0.15, 0.2) is 0 Å². The van der Waals surface area contributed by atoms with Gasteiger partial charge in [0.25, 0.3) is 0 Å². The Morgan fingerprint density at radius 2 is 0.648 bits per heavy atom. The van der Waals surface area contributed by atoms with Gasteiger partial charge in [0, 0.05) is 10.8 Å². The topological polar surface area (TPSA) is 0 Å². The van der Waals surface area contributed by atoms with Gasteiger partial charge in [0.2, 0.25) is 0 Å². The predicted octanol–water partition coefficient (Wildman–Crippen LogP) is 14.8. The minimum Gasteiger partial charge on any atom is -0.0622 e. The van der Waals surface area contributed by atoms with Crippen molar-refractivity contribution in [1.29, 1.82) is 0 Å². The van der Waals surface area contributed by atoms with E-state index in [0.717, 1.165) is 0 Å². The van der Waals surface area contributed by atoms with Gasteiger partial charge < -0.3 is 0 Å². The summed E-state index contributed by atoms with van der Waals surface area (Å²) in [5.41, 5.74) is 15.9. The quantitative estimate of drug-likeness (QED) is 0.159. The molecule has 0 saturated carbocycles. The van der Waals surface area contributed by atoms with Gasteiger partial charge in [-0.1, -0.05) is 137 Å². The molecule has 0 fully saturated rings. The first kappa shape index (κ1) is 30.2. The molecular weight excluding hydrogens is 649 g/mol. The van der Waals surface area contributed by atoms with E-state index < -0.39 is 0 Å². The Labute approximate surface area is 315 Å². The third-order valence-electron chi connectivity index (χ3n) is 13.2. The van der Waals surface area contributed by atoms with E-state index in [1.807, 2.05) is 0 Å². The molecule has 0 spiro atoms. The summed E-state index contributed by atoms with van der Waals surface area (Å²) < 4.78 is 0. The zero-order chi connectivity index (χ0) is 36.1. The molecule has 0 aromatic heterocycles. The van der Waals surface area contributed by atoms with Crippen LogP contribution < -0.4 is 0 Å². The van der Waals surface area contributed by atoms with Crippen LogP contribution in [0.5, 0.6) is 0 Å².